The van der Waals surface area contributed by atoms with Crippen molar-refractivity contribution in [3.63, 3.8) is 0 Å². The highest BCUT2D eigenvalue weighted by molar-refractivity contribution is 5.77. The fourth-order valence-electron chi connectivity index (χ4n) is 6.79. The van der Waals surface area contributed by atoms with Crippen LogP contribution in [-0.4, -0.2) is 27.7 Å². The van der Waals surface area contributed by atoms with Gasteiger partial charge in [0.15, 0.2) is 0 Å². The van der Waals surface area contributed by atoms with Crippen molar-refractivity contribution >= 4 is 11.9 Å². The first-order valence-electron chi connectivity index (χ1n) is 14.3. The molecule has 1 unspecified atom stereocenters. The summed E-state index contributed by atoms with van der Waals surface area (Å²) in [5, 5.41) is 0. The normalized spacial score (nSPS) is 21.6. The molecule has 2 aliphatic carbocycles. The van der Waals surface area contributed by atoms with Crippen molar-refractivity contribution < 1.29 is 9.53 Å². The van der Waals surface area contributed by atoms with Crippen molar-refractivity contribution in [2.24, 2.45) is 0 Å². The number of amides is 1. The van der Waals surface area contributed by atoms with Gasteiger partial charge < -0.3 is 4.74 Å². The van der Waals surface area contributed by atoms with Crippen molar-refractivity contribution in [3.8, 4) is 11.3 Å². The number of hydrogen-bond acceptors (Lipinski definition) is 5. The molecule has 2 aromatic rings. The van der Waals surface area contributed by atoms with Crippen LogP contribution in [0.25, 0.3) is 11.3 Å². The van der Waals surface area contributed by atoms with E-state index >= 15 is 0 Å². The van der Waals surface area contributed by atoms with Gasteiger partial charge in [0.1, 0.15) is 0 Å². The summed E-state index contributed by atoms with van der Waals surface area (Å²) in [4.78, 5) is 32.4. The van der Waals surface area contributed by atoms with Crippen molar-refractivity contribution in [1.82, 2.24) is 15.0 Å². The molecule has 3 aliphatic rings. The first-order chi connectivity index (χ1) is 17.8. The van der Waals surface area contributed by atoms with Crippen molar-refractivity contribution in [3.05, 3.63) is 45.7 Å². The fourth-order valence-corrected chi connectivity index (χ4v) is 6.79. The molecule has 1 spiro atoms. The topological polar surface area (TPSA) is 85.3 Å². The summed E-state index contributed by atoms with van der Waals surface area (Å²) in [5.41, 5.74) is 9.47. The van der Waals surface area contributed by atoms with Gasteiger partial charge in [-0.1, -0.05) is 63.3 Å². The van der Waals surface area contributed by atoms with E-state index < -0.39 is 0 Å². The van der Waals surface area contributed by atoms with Crippen LogP contribution >= 0.6 is 0 Å². The Hall–Kier alpha value is -2.67. The Balaban J connectivity index is 1.62. The van der Waals surface area contributed by atoms with Gasteiger partial charge in [0.2, 0.25) is 11.9 Å². The average Bonchev–Trinajstić information content (AvgIpc) is 2.87. The zero-order chi connectivity index (χ0) is 26.0. The third kappa shape index (κ3) is 5.20. The standard InChI is InChI=1S/C30H42N4O3/c1-4-5-7-14-24(35)32-33-28-31-26-23-13-9-8-12-21(23)19-30(16-10-6-11-17-30)25(26)27(36)34(28)22-15-18-37-29(2,3)20-22/h8-9,12-13,22H,4-7,10-11,14-20H2,1-3H3,(H,31,33)(H,32,35). The van der Waals surface area contributed by atoms with Gasteiger partial charge in [-0.2, -0.15) is 0 Å². The second kappa shape index (κ2) is 10.6. The minimum absolute atomic E-state index is 0.0480. The number of anilines is 1. The van der Waals surface area contributed by atoms with Gasteiger partial charge in [0, 0.05) is 30.0 Å². The van der Waals surface area contributed by atoms with Crippen LogP contribution in [0.5, 0.6) is 0 Å². The molecule has 0 bridgehead atoms. The molecule has 1 aromatic heterocycles. The van der Waals surface area contributed by atoms with Crippen LogP contribution in [0.4, 0.5) is 5.95 Å². The third-order valence-corrected chi connectivity index (χ3v) is 8.62. The molecule has 200 valence electrons. The second-order valence-corrected chi connectivity index (χ2v) is 11.9. The molecule has 1 aromatic carbocycles. The van der Waals surface area contributed by atoms with E-state index in [0.717, 1.165) is 81.0 Å². The Labute approximate surface area is 220 Å². The minimum Gasteiger partial charge on any atom is -0.375 e. The van der Waals surface area contributed by atoms with E-state index in [-0.39, 0.29) is 28.5 Å². The number of nitrogens with zero attached hydrogens (tertiary/aromatic N) is 2. The number of hydrazine groups is 1. The van der Waals surface area contributed by atoms with Crippen LogP contribution in [0.15, 0.2) is 29.1 Å². The molecule has 1 amide bonds. The number of benzene rings is 1. The zero-order valence-electron chi connectivity index (χ0n) is 22.7. The molecule has 1 aliphatic heterocycles. The number of hydrogen-bond donors (Lipinski definition) is 2. The Kier molecular flexibility index (Phi) is 7.44. The zero-order valence-corrected chi connectivity index (χ0v) is 22.7. The number of fused-ring (bicyclic) bond motifs is 4. The number of unbranched alkanes of at least 4 members (excludes halogenated alkanes) is 2. The quantitative estimate of drug-likeness (QED) is 0.365. The van der Waals surface area contributed by atoms with E-state index in [1.54, 1.807) is 0 Å². The molecule has 2 N–H and O–H groups in total. The van der Waals surface area contributed by atoms with Gasteiger partial charge >= 0.3 is 0 Å². The van der Waals surface area contributed by atoms with E-state index in [2.05, 4.69) is 49.8 Å². The van der Waals surface area contributed by atoms with E-state index in [1.165, 1.54) is 12.0 Å². The molecule has 5 rings (SSSR count). The van der Waals surface area contributed by atoms with Crippen molar-refractivity contribution in [1.29, 1.82) is 0 Å². The maximum absolute atomic E-state index is 14.6. The summed E-state index contributed by atoms with van der Waals surface area (Å²) < 4.78 is 7.84. The number of carbonyl (C=O) groups is 1. The lowest BCUT2D eigenvalue weighted by Gasteiger charge is -2.43. The van der Waals surface area contributed by atoms with Gasteiger partial charge in [0.25, 0.3) is 5.56 Å². The fraction of sp³-hybridized carbons (Fsp3) is 0.633. The maximum Gasteiger partial charge on any atom is 0.259 e. The molecule has 2 fully saturated rings. The molecular formula is C30H42N4O3. The Morgan fingerprint density at radius 1 is 1.16 bits per heavy atom. The lowest BCUT2D eigenvalue weighted by molar-refractivity contribution is -0.120. The summed E-state index contributed by atoms with van der Waals surface area (Å²) in [6.07, 6.45) is 11.3. The van der Waals surface area contributed by atoms with E-state index in [9.17, 15) is 9.59 Å². The summed E-state index contributed by atoms with van der Waals surface area (Å²) in [6.45, 7) is 6.88. The highest BCUT2D eigenvalue weighted by atomic mass is 16.5. The van der Waals surface area contributed by atoms with Crippen molar-refractivity contribution in [2.45, 2.75) is 115 Å². The second-order valence-electron chi connectivity index (χ2n) is 11.9. The number of nitrogens with one attached hydrogen (secondary N) is 2. The smallest absolute Gasteiger partial charge is 0.259 e. The summed E-state index contributed by atoms with van der Waals surface area (Å²) in [5.74, 6) is 0.349. The predicted octanol–water partition coefficient (Wildman–Crippen LogP) is 5.82. The van der Waals surface area contributed by atoms with Crippen LogP contribution in [0.2, 0.25) is 0 Å². The van der Waals surface area contributed by atoms with Gasteiger partial charge in [-0.25, -0.2) is 4.98 Å². The molecular weight excluding hydrogens is 464 g/mol. The molecule has 0 radical (unpaired) electrons. The van der Waals surface area contributed by atoms with Crippen LogP contribution < -0.4 is 16.4 Å². The number of rotatable bonds is 7. The van der Waals surface area contributed by atoms with E-state index in [0.29, 0.717) is 19.0 Å². The van der Waals surface area contributed by atoms with E-state index in [4.69, 9.17) is 9.72 Å². The monoisotopic (exact) mass is 506 g/mol. The van der Waals surface area contributed by atoms with Crippen LogP contribution in [-0.2, 0) is 21.4 Å². The Morgan fingerprint density at radius 3 is 2.70 bits per heavy atom. The third-order valence-electron chi connectivity index (χ3n) is 8.62. The molecule has 37 heavy (non-hydrogen) atoms. The SMILES string of the molecule is CCCCCC(=O)NNc1nc2c(c(=O)n1C1CCOC(C)(C)C1)C1(CCCCC1)Cc1ccccc1-2. The number of aromatic nitrogens is 2. The number of ether oxygens (including phenoxy) is 1. The molecule has 7 nitrogen and oxygen atoms in total. The molecule has 2 heterocycles. The first kappa shape index (κ1) is 26.0. The lowest BCUT2D eigenvalue weighted by Crippen LogP contribution is -2.46. The van der Waals surface area contributed by atoms with E-state index in [1.807, 2.05) is 10.6 Å². The van der Waals surface area contributed by atoms with Crippen molar-refractivity contribution in [2.75, 3.05) is 12.0 Å². The minimum atomic E-state index is -0.325. The largest absolute Gasteiger partial charge is 0.375 e. The summed E-state index contributed by atoms with van der Waals surface area (Å²) in [6, 6.07) is 8.34. The Morgan fingerprint density at radius 2 is 1.95 bits per heavy atom. The van der Waals surface area contributed by atoms with Gasteiger partial charge in [-0.3, -0.25) is 25.0 Å². The maximum atomic E-state index is 14.6. The first-order valence-corrected chi connectivity index (χ1v) is 14.3. The van der Waals surface area contributed by atoms with Gasteiger partial charge in [-0.15, -0.1) is 0 Å². The summed E-state index contributed by atoms with van der Waals surface area (Å²) >= 11 is 0. The molecule has 1 saturated carbocycles. The highest BCUT2D eigenvalue weighted by Crippen LogP contribution is 2.49. The van der Waals surface area contributed by atoms with Crippen LogP contribution in [0.1, 0.15) is 109 Å². The highest BCUT2D eigenvalue weighted by Gasteiger charge is 2.44. The van der Waals surface area contributed by atoms with Gasteiger partial charge in [0.05, 0.1) is 16.9 Å². The average molecular weight is 507 g/mol. The Bertz CT molecular complexity index is 1200. The lowest BCUT2D eigenvalue weighted by atomic mass is 9.62. The molecule has 1 atom stereocenters. The van der Waals surface area contributed by atoms with Crippen LogP contribution in [0, 0.1) is 0 Å². The van der Waals surface area contributed by atoms with Crippen LogP contribution in [0.3, 0.4) is 0 Å². The predicted molar refractivity (Wildman–Crippen MR) is 147 cm³/mol. The molecule has 1 saturated heterocycles. The number of carbonyl (C=O) groups excluding carboxylic acids is 1. The molecule has 7 heteroatoms. The summed E-state index contributed by atoms with van der Waals surface area (Å²) in [7, 11) is 0. The van der Waals surface area contributed by atoms with Gasteiger partial charge in [-0.05, 0) is 57.9 Å².